The monoisotopic (exact) mass is 527 g/mol. The number of carbonyl (C=O) groups is 2. The first-order valence-electron chi connectivity index (χ1n) is 11.7. The van der Waals surface area contributed by atoms with Crippen LogP contribution in [0.3, 0.4) is 0 Å². The van der Waals surface area contributed by atoms with Gasteiger partial charge in [-0.2, -0.15) is 0 Å². The molecule has 38 heavy (non-hydrogen) atoms. The van der Waals surface area contributed by atoms with Crippen molar-refractivity contribution in [1.82, 2.24) is 15.0 Å². The van der Waals surface area contributed by atoms with Crippen molar-refractivity contribution in [2.75, 3.05) is 5.32 Å². The van der Waals surface area contributed by atoms with Crippen LogP contribution in [0.4, 0.5) is 10.8 Å². The van der Waals surface area contributed by atoms with E-state index in [1.165, 1.54) is 23.5 Å². The first-order chi connectivity index (χ1) is 18.4. The molecule has 10 nitrogen and oxygen atoms in total. The van der Waals surface area contributed by atoms with Gasteiger partial charge >= 0.3 is 5.97 Å². The molecule has 0 saturated carbocycles. The summed E-state index contributed by atoms with van der Waals surface area (Å²) >= 11 is 1.17. The average molecular weight is 528 g/mol. The second kappa shape index (κ2) is 10.6. The zero-order valence-corrected chi connectivity index (χ0v) is 20.9. The Hall–Kier alpha value is -4.90. The number of nitrogens with zero attached hydrogens (tertiary/aromatic N) is 3. The number of amides is 1. The summed E-state index contributed by atoms with van der Waals surface area (Å²) < 4.78 is 5.51. The van der Waals surface area contributed by atoms with E-state index >= 15 is 0 Å². The summed E-state index contributed by atoms with van der Waals surface area (Å²) in [6.45, 7) is 1.73. The number of hydrogen-bond donors (Lipinski definition) is 2. The lowest BCUT2D eigenvalue weighted by Crippen LogP contribution is -2.32. The van der Waals surface area contributed by atoms with Crippen molar-refractivity contribution in [3.8, 4) is 22.6 Å². The van der Waals surface area contributed by atoms with Crippen LogP contribution in [0.5, 0.6) is 0 Å². The van der Waals surface area contributed by atoms with Crippen LogP contribution in [-0.4, -0.2) is 37.9 Å². The maximum Gasteiger partial charge on any atom is 0.338 e. The third kappa shape index (κ3) is 5.27. The molecule has 0 aliphatic heterocycles. The zero-order valence-electron chi connectivity index (χ0n) is 20.1. The van der Waals surface area contributed by atoms with Crippen molar-refractivity contribution >= 4 is 45.1 Å². The minimum Gasteiger partial charge on any atom is -0.449 e. The van der Waals surface area contributed by atoms with Crippen molar-refractivity contribution < 1.29 is 19.2 Å². The zero-order chi connectivity index (χ0) is 26.6. The Morgan fingerprint density at radius 1 is 1.05 bits per heavy atom. The number of H-pyrrole nitrogens is 1. The third-order valence-corrected chi connectivity index (χ3v) is 6.52. The molecule has 0 aliphatic carbocycles. The Kier molecular flexibility index (Phi) is 6.92. The molecule has 5 aromatic rings. The van der Waals surface area contributed by atoms with E-state index in [4.69, 9.17) is 4.74 Å². The number of aromatic amines is 1. The molecule has 1 amide bonds. The number of rotatable bonds is 8. The van der Waals surface area contributed by atoms with Crippen LogP contribution in [0.15, 0.2) is 78.2 Å². The number of non-ortho nitro benzene ring substituents is 1. The number of carbonyl (C=O) groups excluding carboxylic acids is 2. The molecule has 1 atom stereocenters. The van der Waals surface area contributed by atoms with Gasteiger partial charge in [-0.25, -0.2) is 14.8 Å². The molecule has 5 rings (SSSR count). The van der Waals surface area contributed by atoms with Gasteiger partial charge < -0.3 is 9.72 Å². The van der Waals surface area contributed by atoms with Crippen LogP contribution in [0, 0.1) is 10.1 Å². The van der Waals surface area contributed by atoms with E-state index in [9.17, 15) is 19.7 Å². The molecule has 0 radical (unpaired) electrons. The van der Waals surface area contributed by atoms with Crippen LogP contribution in [0.25, 0.3) is 33.7 Å². The lowest BCUT2D eigenvalue weighted by molar-refractivity contribution is -0.384. The van der Waals surface area contributed by atoms with Crippen molar-refractivity contribution in [2.24, 2.45) is 0 Å². The fourth-order valence-corrected chi connectivity index (χ4v) is 4.54. The molecule has 2 aromatic heterocycles. The van der Waals surface area contributed by atoms with Gasteiger partial charge in [0, 0.05) is 28.6 Å². The molecule has 0 bridgehead atoms. The summed E-state index contributed by atoms with van der Waals surface area (Å²) in [6, 6.07) is 20.7. The van der Waals surface area contributed by atoms with Crippen LogP contribution < -0.4 is 5.32 Å². The Balaban J connectivity index is 1.26. The van der Waals surface area contributed by atoms with Gasteiger partial charge in [-0.1, -0.05) is 49.4 Å². The summed E-state index contributed by atoms with van der Waals surface area (Å²) in [5, 5.41) is 15.7. The van der Waals surface area contributed by atoms with Gasteiger partial charge in [0.15, 0.2) is 11.2 Å². The number of nitro groups is 1. The topological polar surface area (TPSA) is 140 Å². The van der Waals surface area contributed by atoms with E-state index in [2.05, 4.69) is 20.3 Å². The quantitative estimate of drug-likeness (QED) is 0.147. The SMILES string of the molecule is CCC(OC(=O)c1ccc2nc(-c3ccccc3)[nH]c2c1)C(=O)Nc1nc(-c2cccc([N+](=O)[O-])c2)cs1. The number of nitrogens with one attached hydrogen (secondary N) is 2. The highest BCUT2D eigenvalue weighted by Gasteiger charge is 2.24. The minimum absolute atomic E-state index is 0.0522. The van der Waals surface area contributed by atoms with Gasteiger partial charge in [-0.15, -0.1) is 11.3 Å². The van der Waals surface area contributed by atoms with E-state index < -0.39 is 22.9 Å². The normalized spacial score (nSPS) is 11.7. The molecule has 11 heteroatoms. The molecule has 0 saturated heterocycles. The number of ether oxygens (including phenoxy) is 1. The van der Waals surface area contributed by atoms with E-state index in [-0.39, 0.29) is 17.7 Å². The van der Waals surface area contributed by atoms with Crippen LogP contribution in [0.2, 0.25) is 0 Å². The van der Waals surface area contributed by atoms with Gasteiger partial charge in [0.05, 0.1) is 27.2 Å². The summed E-state index contributed by atoms with van der Waals surface area (Å²) in [6.07, 6.45) is -0.782. The second-order valence-electron chi connectivity index (χ2n) is 8.32. The van der Waals surface area contributed by atoms with Crippen LogP contribution >= 0.6 is 11.3 Å². The Morgan fingerprint density at radius 3 is 2.61 bits per heavy atom. The predicted octanol–water partition coefficient (Wildman–Crippen LogP) is 5.84. The summed E-state index contributed by atoms with van der Waals surface area (Å²) in [5.41, 5.74) is 3.57. The molecular weight excluding hydrogens is 506 g/mol. The molecule has 2 N–H and O–H groups in total. The smallest absolute Gasteiger partial charge is 0.338 e. The van der Waals surface area contributed by atoms with Crippen LogP contribution in [0.1, 0.15) is 23.7 Å². The number of aromatic nitrogens is 3. The van der Waals surface area contributed by atoms with E-state index in [1.54, 1.807) is 42.6 Å². The van der Waals surface area contributed by atoms with E-state index in [0.29, 0.717) is 33.2 Å². The largest absolute Gasteiger partial charge is 0.449 e. The van der Waals surface area contributed by atoms with Crippen LogP contribution in [-0.2, 0) is 9.53 Å². The predicted molar refractivity (Wildman–Crippen MR) is 144 cm³/mol. The number of esters is 1. The number of benzene rings is 3. The third-order valence-electron chi connectivity index (χ3n) is 5.76. The summed E-state index contributed by atoms with van der Waals surface area (Å²) in [4.78, 5) is 48.4. The van der Waals surface area contributed by atoms with E-state index in [0.717, 1.165) is 5.56 Å². The highest BCUT2D eigenvalue weighted by molar-refractivity contribution is 7.14. The van der Waals surface area contributed by atoms with E-state index in [1.807, 2.05) is 30.3 Å². The van der Waals surface area contributed by atoms with Gasteiger partial charge in [-0.3, -0.25) is 20.2 Å². The molecule has 2 heterocycles. The maximum absolute atomic E-state index is 12.9. The number of hydrogen-bond acceptors (Lipinski definition) is 8. The first kappa shape index (κ1) is 24.8. The Labute approximate surface area is 220 Å². The van der Waals surface area contributed by atoms with Crippen molar-refractivity contribution in [1.29, 1.82) is 0 Å². The van der Waals surface area contributed by atoms with Gasteiger partial charge in [-0.05, 0) is 24.6 Å². The highest BCUT2D eigenvalue weighted by Crippen LogP contribution is 2.28. The first-order valence-corrected chi connectivity index (χ1v) is 12.6. The second-order valence-corrected chi connectivity index (χ2v) is 9.18. The Morgan fingerprint density at radius 2 is 1.84 bits per heavy atom. The Bertz CT molecular complexity index is 1650. The molecule has 190 valence electrons. The van der Waals surface area contributed by atoms with Gasteiger partial charge in [0.25, 0.3) is 11.6 Å². The fraction of sp³-hybridized carbons (Fsp3) is 0.111. The number of nitro benzene ring substituents is 1. The molecule has 0 fully saturated rings. The minimum atomic E-state index is -1.04. The maximum atomic E-state index is 12.9. The molecule has 0 spiro atoms. The molecule has 3 aromatic carbocycles. The van der Waals surface area contributed by atoms with Crippen molar-refractivity contribution in [3.63, 3.8) is 0 Å². The summed E-state index contributed by atoms with van der Waals surface area (Å²) in [7, 11) is 0. The summed E-state index contributed by atoms with van der Waals surface area (Å²) in [5.74, 6) is -0.471. The highest BCUT2D eigenvalue weighted by atomic mass is 32.1. The average Bonchev–Trinajstić information content (AvgIpc) is 3.59. The number of anilines is 1. The van der Waals surface area contributed by atoms with Gasteiger partial charge in [0.1, 0.15) is 5.82 Å². The number of imidazole rings is 1. The van der Waals surface area contributed by atoms with Crippen molar-refractivity contribution in [3.05, 3.63) is 93.9 Å². The molecule has 0 aliphatic rings. The molecule has 1 unspecified atom stereocenters. The fourth-order valence-electron chi connectivity index (χ4n) is 3.82. The number of thiazole rings is 1. The number of fused-ring (bicyclic) bond motifs is 1. The standard InChI is InChI=1S/C27H21N5O5S/c1-2-23(25(33)31-27-30-22(15-38-27)17-9-6-10-19(13-17)32(35)36)37-26(34)18-11-12-20-21(14-18)29-24(28-20)16-7-4-3-5-8-16/h3-15,23H,2H2,1H3,(H,28,29)(H,30,31,33). The van der Waals surface area contributed by atoms with Crippen molar-refractivity contribution in [2.45, 2.75) is 19.4 Å². The lowest BCUT2D eigenvalue weighted by Gasteiger charge is -2.15. The van der Waals surface area contributed by atoms with Gasteiger partial charge in [0.2, 0.25) is 0 Å². The molecular formula is C27H21N5O5S. The lowest BCUT2D eigenvalue weighted by atomic mass is 10.1.